The number of ether oxygens (including phenoxy) is 1. The molecule has 0 saturated carbocycles. The van der Waals surface area contributed by atoms with Gasteiger partial charge < -0.3 is 9.16 Å². The molecule has 0 aromatic rings. The lowest BCUT2D eigenvalue weighted by molar-refractivity contribution is -0.154. The van der Waals surface area contributed by atoms with Crippen LogP contribution in [0.25, 0.3) is 0 Å². The average Bonchev–Trinajstić information content (AvgIpc) is 2.89. The zero-order chi connectivity index (χ0) is 15.1. The van der Waals surface area contributed by atoms with Crippen molar-refractivity contribution in [2.75, 3.05) is 6.61 Å². The quantitative estimate of drug-likeness (QED) is 0.491. The summed E-state index contributed by atoms with van der Waals surface area (Å²) in [4.78, 5) is 11.8. The third-order valence-electron chi connectivity index (χ3n) is 3.78. The van der Waals surface area contributed by atoms with Gasteiger partial charge in [-0.25, -0.2) is 0 Å². The zero-order valence-corrected chi connectivity index (χ0v) is 14.6. The molecule has 0 bridgehead atoms. The van der Waals surface area contributed by atoms with E-state index in [9.17, 15) is 4.79 Å². The van der Waals surface area contributed by atoms with Crippen molar-refractivity contribution in [3.8, 4) is 0 Å². The number of hydrogen-bond acceptors (Lipinski definition) is 4. The zero-order valence-electron chi connectivity index (χ0n) is 13.6. The highest BCUT2D eigenvalue weighted by Gasteiger charge is 2.47. The van der Waals surface area contributed by atoms with E-state index in [1.54, 1.807) is 0 Å². The molecule has 1 fully saturated rings. The van der Waals surface area contributed by atoms with Gasteiger partial charge in [0.05, 0.1) is 12.6 Å². The summed E-state index contributed by atoms with van der Waals surface area (Å²) in [5.41, 5.74) is -0.424. The lowest BCUT2D eigenvalue weighted by Gasteiger charge is -2.36. The van der Waals surface area contributed by atoms with Crippen molar-refractivity contribution in [1.82, 2.24) is 5.32 Å². The molecule has 4 nitrogen and oxygen atoms in total. The first kappa shape index (κ1) is 16.7. The Hall–Kier alpha value is -0.393. The van der Waals surface area contributed by atoms with Gasteiger partial charge in [-0.2, -0.15) is 0 Å². The molecule has 1 N–H and O–H groups in total. The van der Waals surface area contributed by atoms with E-state index in [4.69, 9.17) is 9.16 Å². The molecule has 1 rings (SSSR count). The van der Waals surface area contributed by atoms with Gasteiger partial charge in [0, 0.05) is 0 Å². The van der Waals surface area contributed by atoms with Crippen LogP contribution in [0.15, 0.2) is 0 Å². The fraction of sp³-hybridized carbons (Fsp3) is 0.929. The van der Waals surface area contributed by atoms with Crippen LogP contribution in [0.4, 0.5) is 0 Å². The predicted octanol–water partition coefficient (Wildman–Crippen LogP) is 2.69. The minimum absolute atomic E-state index is 0.115. The molecule has 1 aliphatic rings. The van der Waals surface area contributed by atoms with Gasteiger partial charge in [-0.15, -0.1) is 0 Å². The van der Waals surface area contributed by atoms with E-state index < -0.39 is 13.9 Å². The molecule has 0 radical (unpaired) electrons. The Morgan fingerprint density at radius 3 is 2.11 bits per heavy atom. The van der Waals surface area contributed by atoms with Crippen LogP contribution in [0.1, 0.15) is 41.5 Å². The summed E-state index contributed by atoms with van der Waals surface area (Å²) < 4.78 is 11.4. The second-order valence-corrected chi connectivity index (χ2v) is 12.7. The van der Waals surface area contributed by atoms with Crippen LogP contribution < -0.4 is 5.32 Å². The molecule has 5 heteroatoms. The van der Waals surface area contributed by atoms with Crippen LogP contribution in [-0.2, 0) is 14.0 Å². The SMILES string of the molecule is CC(C)(C)OC(=O)[C@H]1N[C@@H]1CO[Si](C)(C)C(C)(C)C. The van der Waals surface area contributed by atoms with Crippen LogP contribution in [-0.4, -0.2) is 38.6 Å². The summed E-state index contributed by atoms with van der Waals surface area (Å²) in [6.45, 7) is 17.3. The molecule has 2 atom stereocenters. The maximum atomic E-state index is 11.8. The highest BCUT2D eigenvalue weighted by atomic mass is 28.4. The highest BCUT2D eigenvalue weighted by Crippen LogP contribution is 2.37. The molecule has 0 spiro atoms. The van der Waals surface area contributed by atoms with Crippen molar-refractivity contribution in [3.05, 3.63) is 0 Å². The first-order valence-corrected chi connectivity index (χ1v) is 9.87. The lowest BCUT2D eigenvalue weighted by atomic mass is 10.2. The van der Waals surface area contributed by atoms with Crippen molar-refractivity contribution in [2.45, 2.75) is 77.4 Å². The van der Waals surface area contributed by atoms with E-state index in [0.29, 0.717) is 6.61 Å². The maximum Gasteiger partial charge on any atom is 0.325 e. The third-order valence-corrected chi connectivity index (χ3v) is 8.28. The summed E-state index contributed by atoms with van der Waals surface area (Å²) in [6, 6.07) is -0.0760. The minimum Gasteiger partial charge on any atom is -0.459 e. The summed E-state index contributed by atoms with van der Waals surface area (Å²) in [5.74, 6) is -0.170. The first-order chi connectivity index (χ1) is 8.33. The number of carbonyl (C=O) groups is 1. The number of nitrogens with one attached hydrogen (secondary N) is 1. The van der Waals surface area contributed by atoms with Gasteiger partial charge in [0.1, 0.15) is 11.6 Å². The molecule has 0 amide bonds. The molecule has 0 unspecified atom stereocenters. The van der Waals surface area contributed by atoms with Crippen LogP contribution in [0.2, 0.25) is 18.1 Å². The summed E-state index contributed by atoms with van der Waals surface area (Å²) >= 11 is 0. The van der Waals surface area contributed by atoms with Crippen LogP contribution in [0.5, 0.6) is 0 Å². The van der Waals surface area contributed by atoms with Crippen molar-refractivity contribution >= 4 is 14.3 Å². The predicted molar refractivity (Wildman–Crippen MR) is 79.7 cm³/mol. The Morgan fingerprint density at radius 1 is 1.16 bits per heavy atom. The van der Waals surface area contributed by atoms with Crippen molar-refractivity contribution < 1.29 is 14.0 Å². The van der Waals surface area contributed by atoms with E-state index in [-0.39, 0.29) is 23.1 Å². The standard InChI is InChI=1S/C14H29NO3Si/c1-13(2,3)18-12(16)11-10(15-11)9-17-19(7,8)14(4,5)6/h10-11,15H,9H2,1-8H3/t10-,11+/m1/s1. The monoisotopic (exact) mass is 287 g/mol. The molecule has 1 heterocycles. The number of carbonyl (C=O) groups excluding carboxylic acids is 1. The molecular weight excluding hydrogens is 258 g/mol. The Morgan fingerprint density at radius 2 is 1.68 bits per heavy atom. The molecule has 1 saturated heterocycles. The van der Waals surface area contributed by atoms with Crippen molar-refractivity contribution in [3.63, 3.8) is 0 Å². The second-order valence-electron chi connectivity index (χ2n) is 7.86. The maximum absolute atomic E-state index is 11.8. The lowest BCUT2D eigenvalue weighted by Crippen LogP contribution is -2.42. The van der Waals surface area contributed by atoms with E-state index in [2.05, 4.69) is 39.2 Å². The first-order valence-electron chi connectivity index (χ1n) is 6.96. The highest BCUT2D eigenvalue weighted by molar-refractivity contribution is 6.74. The Kier molecular flexibility index (Phi) is 4.55. The second kappa shape index (κ2) is 5.18. The van der Waals surface area contributed by atoms with Crippen molar-refractivity contribution in [1.29, 1.82) is 0 Å². The van der Waals surface area contributed by atoms with Gasteiger partial charge in [0.2, 0.25) is 0 Å². The van der Waals surface area contributed by atoms with Gasteiger partial charge in [-0.05, 0) is 38.9 Å². The minimum atomic E-state index is -1.73. The Labute approximate surface area is 118 Å². The summed E-state index contributed by atoms with van der Waals surface area (Å²) in [5, 5.41) is 3.34. The summed E-state index contributed by atoms with van der Waals surface area (Å²) in [6.07, 6.45) is 0. The Balaban J connectivity index is 2.38. The number of hydrogen-bond donors (Lipinski definition) is 1. The molecule has 112 valence electrons. The van der Waals surface area contributed by atoms with Crippen LogP contribution in [0, 0.1) is 0 Å². The van der Waals surface area contributed by atoms with Gasteiger partial charge in [0.25, 0.3) is 0 Å². The fourth-order valence-corrected chi connectivity index (χ4v) is 2.46. The van der Waals surface area contributed by atoms with E-state index >= 15 is 0 Å². The fourth-order valence-electron chi connectivity index (χ4n) is 1.43. The van der Waals surface area contributed by atoms with Crippen molar-refractivity contribution in [2.24, 2.45) is 0 Å². The number of rotatable bonds is 4. The normalized spacial score (nSPS) is 24.2. The van der Waals surface area contributed by atoms with Gasteiger partial charge in [0.15, 0.2) is 8.32 Å². The molecule has 1 aliphatic heterocycles. The summed E-state index contributed by atoms with van der Waals surface area (Å²) in [7, 11) is -1.73. The smallest absolute Gasteiger partial charge is 0.325 e. The van der Waals surface area contributed by atoms with Crippen LogP contribution >= 0.6 is 0 Å². The van der Waals surface area contributed by atoms with Gasteiger partial charge in [-0.3, -0.25) is 10.1 Å². The number of esters is 1. The van der Waals surface area contributed by atoms with E-state index in [1.807, 2.05) is 20.8 Å². The Bertz CT molecular complexity index is 342. The molecule has 0 aromatic carbocycles. The average molecular weight is 287 g/mol. The topological polar surface area (TPSA) is 57.5 Å². The molecule has 19 heavy (non-hydrogen) atoms. The third kappa shape index (κ3) is 4.89. The van der Waals surface area contributed by atoms with Gasteiger partial charge >= 0.3 is 5.97 Å². The molecule has 0 aromatic heterocycles. The molecular formula is C14H29NO3Si. The van der Waals surface area contributed by atoms with Crippen LogP contribution in [0.3, 0.4) is 0 Å². The largest absolute Gasteiger partial charge is 0.459 e. The van der Waals surface area contributed by atoms with Gasteiger partial charge in [-0.1, -0.05) is 20.8 Å². The van der Waals surface area contributed by atoms with E-state index in [1.165, 1.54) is 0 Å². The van der Waals surface area contributed by atoms with E-state index in [0.717, 1.165) is 0 Å². The molecule has 0 aliphatic carbocycles.